The first kappa shape index (κ1) is 20.5. The number of fused-ring (bicyclic) bond motifs is 3. The Hall–Kier alpha value is -2.72. The van der Waals surface area contributed by atoms with Gasteiger partial charge in [0.2, 0.25) is 0 Å². The van der Waals surface area contributed by atoms with Gasteiger partial charge < -0.3 is 14.0 Å². The predicted octanol–water partition coefficient (Wildman–Crippen LogP) is 5.89. The summed E-state index contributed by atoms with van der Waals surface area (Å²) in [6, 6.07) is 14.3. The van der Waals surface area contributed by atoms with E-state index in [1.165, 1.54) is 30.0 Å². The van der Waals surface area contributed by atoms with Crippen LogP contribution in [0.15, 0.2) is 54.6 Å². The standard InChI is InChI=1S/C25H26ClNO3/c1-29-21-14-13-19(26)25-24(21)23-18(12-15-22(28)30-2)10-6-7-11-20(23)27(25)16-17-8-4-3-5-9-17/h3-5,8-9,12-15,18H,6-7,10-11,16H2,1-2H3. The summed E-state index contributed by atoms with van der Waals surface area (Å²) in [4.78, 5) is 11.8. The summed E-state index contributed by atoms with van der Waals surface area (Å²) in [6.45, 7) is 0.743. The van der Waals surface area contributed by atoms with Crippen LogP contribution in [0, 0.1) is 0 Å². The molecule has 4 rings (SSSR count). The Balaban J connectivity index is 1.97. The van der Waals surface area contributed by atoms with Crippen molar-refractivity contribution in [1.82, 2.24) is 4.57 Å². The maximum absolute atomic E-state index is 11.8. The Kier molecular flexibility index (Phi) is 6.14. The normalized spacial score (nSPS) is 16.4. The second kappa shape index (κ2) is 8.97. The van der Waals surface area contributed by atoms with Gasteiger partial charge in [-0.1, -0.05) is 54.4 Å². The van der Waals surface area contributed by atoms with E-state index >= 15 is 0 Å². The van der Waals surface area contributed by atoms with Gasteiger partial charge in [-0.3, -0.25) is 0 Å². The molecule has 5 heteroatoms. The predicted molar refractivity (Wildman–Crippen MR) is 120 cm³/mol. The van der Waals surface area contributed by atoms with Crippen LogP contribution < -0.4 is 4.74 Å². The summed E-state index contributed by atoms with van der Waals surface area (Å²) >= 11 is 6.75. The molecule has 4 nitrogen and oxygen atoms in total. The minimum atomic E-state index is -0.334. The molecule has 1 aromatic heterocycles. The maximum Gasteiger partial charge on any atom is 0.330 e. The van der Waals surface area contributed by atoms with Gasteiger partial charge in [-0.2, -0.15) is 0 Å². The SMILES string of the molecule is COC(=O)C=CC1CCCCc2c1c1c(OC)ccc(Cl)c1n2Cc1ccccc1. The van der Waals surface area contributed by atoms with Gasteiger partial charge in [0.15, 0.2) is 0 Å². The van der Waals surface area contributed by atoms with Crippen LogP contribution in [0.25, 0.3) is 10.9 Å². The first-order valence-electron chi connectivity index (χ1n) is 10.3. The van der Waals surface area contributed by atoms with Gasteiger partial charge in [-0.15, -0.1) is 0 Å². The molecule has 156 valence electrons. The molecule has 0 saturated heterocycles. The highest BCUT2D eigenvalue weighted by Crippen LogP contribution is 2.45. The van der Waals surface area contributed by atoms with Crippen molar-refractivity contribution in [3.63, 3.8) is 0 Å². The van der Waals surface area contributed by atoms with Crippen molar-refractivity contribution in [2.45, 2.75) is 38.1 Å². The van der Waals surface area contributed by atoms with E-state index in [9.17, 15) is 4.79 Å². The number of carbonyl (C=O) groups is 1. The lowest BCUT2D eigenvalue weighted by atomic mass is 9.92. The van der Waals surface area contributed by atoms with Crippen LogP contribution in [-0.2, 0) is 22.5 Å². The number of rotatable bonds is 5. The highest BCUT2D eigenvalue weighted by atomic mass is 35.5. The summed E-state index contributed by atoms with van der Waals surface area (Å²) < 4.78 is 12.9. The Morgan fingerprint density at radius 2 is 1.97 bits per heavy atom. The van der Waals surface area contributed by atoms with Crippen LogP contribution in [0.2, 0.25) is 5.02 Å². The fourth-order valence-corrected chi connectivity index (χ4v) is 4.79. The highest BCUT2D eigenvalue weighted by molar-refractivity contribution is 6.35. The van der Waals surface area contributed by atoms with Gasteiger partial charge in [0, 0.05) is 29.6 Å². The van der Waals surface area contributed by atoms with Gasteiger partial charge >= 0.3 is 5.97 Å². The third-order valence-corrected chi connectivity index (χ3v) is 6.19. The largest absolute Gasteiger partial charge is 0.496 e. The fraction of sp³-hybridized carbons (Fsp3) is 0.320. The van der Waals surface area contributed by atoms with Crippen LogP contribution in [0.4, 0.5) is 0 Å². The maximum atomic E-state index is 11.8. The minimum absolute atomic E-state index is 0.105. The quantitative estimate of drug-likeness (QED) is 0.292. The Labute approximate surface area is 182 Å². The monoisotopic (exact) mass is 423 g/mol. The molecule has 2 aromatic carbocycles. The zero-order valence-corrected chi connectivity index (χ0v) is 18.1. The van der Waals surface area contributed by atoms with Crippen molar-refractivity contribution >= 4 is 28.5 Å². The van der Waals surface area contributed by atoms with Gasteiger partial charge in [0.05, 0.1) is 24.8 Å². The molecule has 0 radical (unpaired) electrons. The number of carbonyl (C=O) groups excluding carboxylic acids is 1. The van der Waals surface area contributed by atoms with Crippen molar-refractivity contribution in [2.75, 3.05) is 14.2 Å². The Morgan fingerprint density at radius 1 is 1.17 bits per heavy atom. The number of halogens is 1. The average Bonchev–Trinajstić information content (AvgIpc) is 2.94. The lowest BCUT2D eigenvalue weighted by molar-refractivity contribution is -0.134. The van der Waals surface area contributed by atoms with E-state index in [1.54, 1.807) is 7.11 Å². The van der Waals surface area contributed by atoms with Crippen molar-refractivity contribution < 1.29 is 14.3 Å². The number of methoxy groups -OCH3 is 2. The molecule has 0 bridgehead atoms. The molecule has 0 spiro atoms. The van der Waals surface area contributed by atoms with Gasteiger partial charge in [0.25, 0.3) is 0 Å². The van der Waals surface area contributed by atoms with Crippen molar-refractivity contribution in [3.8, 4) is 5.75 Å². The van der Waals surface area contributed by atoms with Crippen LogP contribution in [0.3, 0.4) is 0 Å². The number of allylic oxidation sites excluding steroid dienone is 1. The minimum Gasteiger partial charge on any atom is -0.496 e. The first-order valence-corrected chi connectivity index (χ1v) is 10.7. The molecule has 0 saturated carbocycles. The average molecular weight is 424 g/mol. The molecule has 0 fully saturated rings. The van der Waals surface area contributed by atoms with E-state index in [4.69, 9.17) is 21.1 Å². The zero-order valence-electron chi connectivity index (χ0n) is 17.4. The molecule has 3 aromatic rings. The number of ether oxygens (including phenoxy) is 2. The molecule has 1 aliphatic carbocycles. The van der Waals surface area contributed by atoms with E-state index in [0.29, 0.717) is 5.02 Å². The van der Waals surface area contributed by atoms with E-state index in [2.05, 4.69) is 28.8 Å². The number of aromatic nitrogens is 1. The third kappa shape index (κ3) is 3.84. The van der Waals surface area contributed by atoms with Crippen LogP contribution >= 0.6 is 11.6 Å². The summed E-state index contributed by atoms with van der Waals surface area (Å²) in [7, 11) is 3.10. The van der Waals surface area contributed by atoms with Crippen LogP contribution in [0.5, 0.6) is 5.75 Å². The second-order valence-corrected chi connectivity index (χ2v) is 8.05. The summed E-state index contributed by atoms with van der Waals surface area (Å²) in [5.74, 6) is 0.586. The first-order chi connectivity index (χ1) is 14.6. The molecule has 1 atom stereocenters. The molecule has 0 aliphatic heterocycles. The fourth-order valence-electron chi connectivity index (χ4n) is 4.53. The highest BCUT2D eigenvalue weighted by Gasteiger charge is 2.28. The van der Waals surface area contributed by atoms with E-state index in [-0.39, 0.29) is 11.9 Å². The number of esters is 1. The van der Waals surface area contributed by atoms with Crippen molar-refractivity contribution in [3.05, 3.63) is 76.5 Å². The van der Waals surface area contributed by atoms with Gasteiger partial charge in [0.1, 0.15) is 5.75 Å². The topological polar surface area (TPSA) is 40.5 Å². The van der Waals surface area contributed by atoms with Gasteiger partial charge in [-0.05, 0) is 42.5 Å². The lowest BCUT2D eigenvalue weighted by Crippen LogP contribution is -2.06. The lowest BCUT2D eigenvalue weighted by Gasteiger charge is -2.13. The van der Waals surface area contributed by atoms with Crippen LogP contribution in [0.1, 0.15) is 42.0 Å². The molecule has 1 unspecified atom stereocenters. The zero-order chi connectivity index (χ0) is 21.1. The number of hydrogen-bond acceptors (Lipinski definition) is 3. The Morgan fingerprint density at radius 3 is 2.70 bits per heavy atom. The van der Waals surface area contributed by atoms with Crippen molar-refractivity contribution in [2.24, 2.45) is 0 Å². The summed E-state index contributed by atoms with van der Waals surface area (Å²) in [5, 5.41) is 1.77. The number of benzene rings is 2. The molecule has 30 heavy (non-hydrogen) atoms. The van der Waals surface area contributed by atoms with E-state index < -0.39 is 0 Å². The van der Waals surface area contributed by atoms with E-state index in [1.807, 2.05) is 24.3 Å². The summed E-state index contributed by atoms with van der Waals surface area (Å²) in [5.41, 5.74) is 4.72. The Bertz CT molecular complexity index is 1080. The number of nitrogens with zero attached hydrogens (tertiary/aromatic N) is 1. The molecule has 1 heterocycles. The molecule has 1 aliphatic rings. The summed E-state index contributed by atoms with van der Waals surface area (Å²) in [6.07, 6.45) is 7.65. The number of hydrogen-bond donors (Lipinski definition) is 0. The smallest absolute Gasteiger partial charge is 0.330 e. The molecular formula is C25H26ClNO3. The third-order valence-electron chi connectivity index (χ3n) is 5.89. The van der Waals surface area contributed by atoms with Crippen LogP contribution in [-0.4, -0.2) is 24.8 Å². The van der Waals surface area contributed by atoms with Crippen molar-refractivity contribution in [1.29, 1.82) is 0 Å². The molecular weight excluding hydrogens is 398 g/mol. The molecule has 0 N–H and O–H groups in total. The molecule has 0 amide bonds. The second-order valence-electron chi connectivity index (χ2n) is 7.64. The van der Waals surface area contributed by atoms with E-state index in [0.717, 1.165) is 48.9 Å². The van der Waals surface area contributed by atoms with Gasteiger partial charge in [-0.25, -0.2) is 4.79 Å².